The van der Waals surface area contributed by atoms with Gasteiger partial charge in [-0.1, -0.05) is 109 Å². The van der Waals surface area contributed by atoms with Crippen molar-refractivity contribution in [3.8, 4) is 11.5 Å². The standard InChI is InChI=1S/C47H36INO6/c48-31-16-18-32(19-17-31)49-45(53)36-23-22-34-38(42(36)46(49)54)25-39-44(52)37(29-12-6-2-7-13-29)26-41(51)47(39,30-14-8-3-9-15-30)43(34)35-21-20-33(24-40(35)50)55-27-28-10-4-1-5-11-28/h1-22,24,26,36,38-39,42-43,50H,23,25,27H2/t36-,38+,39-,42-,43+,47-/m0/s1. The number of ether oxygens (including phenoxy) is 1. The van der Waals surface area contributed by atoms with E-state index in [9.17, 15) is 14.7 Å². The molecule has 1 saturated heterocycles. The molecule has 2 fully saturated rings. The van der Waals surface area contributed by atoms with E-state index in [1.807, 2.05) is 109 Å². The van der Waals surface area contributed by atoms with Crippen LogP contribution in [-0.2, 0) is 31.2 Å². The maximum atomic E-state index is 15.3. The zero-order chi connectivity index (χ0) is 37.8. The van der Waals surface area contributed by atoms with E-state index in [0.29, 0.717) is 46.7 Å². The van der Waals surface area contributed by atoms with Gasteiger partial charge in [-0.05, 0) is 94.4 Å². The van der Waals surface area contributed by atoms with Gasteiger partial charge in [0.25, 0.3) is 0 Å². The van der Waals surface area contributed by atoms with Gasteiger partial charge < -0.3 is 9.84 Å². The van der Waals surface area contributed by atoms with Crippen LogP contribution in [0.15, 0.2) is 151 Å². The Morgan fingerprint density at radius 1 is 0.764 bits per heavy atom. The first kappa shape index (κ1) is 35.1. The lowest BCUT2D eigenvalue weighted by molar-refractivity contribution is -0.135. The van der Waals surface area contributed by atoms with Gasteiger partial charge in [0.1, 0.15) is 18.1 Å². The molecule has 1 heterocycles. The van der Waals surface area contributed by atoms with Crippen molar-refractivity contribution in [2.24, 2.45) is 23.7 Å². The summed E-state index contributed by atoms with van der Waals surface area (Å²) < 4.78 is 7.07. The van der Waals surface area contributed by atoms with Crippen LogP contribution in [0.3, 0.4) is 0 Å². The van der Waals surface area contributed by atoms with Crippen molar-refractivity contribution >= 4 is 57.2 Å². The fourth-order valence-corrected chi connectivity index (χ4v) is 10.0. The summed E-state index contributed by atoms with van der Waals surface area (Å²) in [6.07, 6.45) is 3.97. The van der Waals surface area contributed by atoms with Crippen LogP contribution >= 0.6 is 22.6 Å². The number of carbonyl (C=O) groups excluding carboxylic acids is 4. The van der Waals surface area contributed by atoms with Gasteiger partial charge in [-0.25, -0.2) is 0 Å². The van der Waals surface area contributed by atoms with Crippen molar-refractivity contribution in [1.29, 1.82) is 0 Å². The van der Waals surface area contributed by atoms with Gasteiger partial charge in [0.15, 0.2) is 11.6 Å². The second-order valence-corrected chi connectivity index (χ2v) is 16.0. The number of carbonyl (C=O) groups is 4. The number of rotatable bonds is 7. The Morgan fingerprint density at radius 3 is 2.13 bits per heavy atom. The highest BCUT2D eigenvalue weighted by Gasteiger charge is 2.66. The molecule has 55 heavy (non-hydrogen) atoms. The highest BCUT2D eigenvalue weighted by Crippen LogP contribution is 2.64. The molecule has 1 N–H and O–H groups in total. The third-order valence-electron chi connectivity index (χ3n) is 12.0. The fraction of sp³-hybridized carbons (Fsp3) is 0.191. The number of phenolic OH excluding ortho intramolecular Hbond substituents is 1. The molecular formula is C47H36INO6. The Kier molecular flexibility index (Phi) is 8.88. The Labute approximate surface area is 332 Å². The number of hydrogen-bond donors (Lipinski definition) is 1. The molecule has 6 atom stereocenters. The Morgan fingerprint density at radius 2 is 1.44 bits per heavy atom. The second kappa shape index (κ2) is 13.9. The summed E-state index contributed by atoms with van der Waals surface area (Å²) in [4.78, 5) is 60.5. The summed E-state index contributed by atoms with van der Waals surface area (Å²) in [5.41, 5.74) is 2.90. The van der Waals surface area contributed by atoms with E-state index < -0.39 is 35.0 Å². The van der Waals surface area contributed by atoms with Crippen LogP contribution < -0.4 is 9.64 Å². The topological polar surface area (TPSA) is 101 Å². The molecule has 4 aliphatic rings. The van der Waals surface area contributed by atoms with Crippen molar-refractivity contribution in [3.05, 3.63) is 177 Å². The van der Waals surface area contributed by atoms with Crippen molar-refractivity contribution in [2.45, 2.75) is 30.8 Å². The molecule has 3 aliphatic carbocycles. The molecule has 0 radical (unpaired) electrons. The van der Waals surface area contributed by atoms with E-state index in [4.69, 9.17) is 4.74 Å². The lowest BCUT2D eigenvalue weighted by Gasteiger charge is -2.55. The number of aromatic hydroxyl groups is 1. The number of anilines is 1. The second-order valence-electron chi connectivity index (χ2n) is 14.8. The number of nitrogens with zero attached hydrogens (tertiary/aromatic N) is 1. The maximum Gasteiger partial charge on any atom is 0.238 e. The summed E-state index contributed by atoms with van der Waals surface area (Å²) >= 11 is 2.19. The molecule has 272 valence electrons. The summed E-state index contributed by atoms with van der Waals surface area (Å²) in [7, 11) is 0. The van der Waals surface area contributed by atoms with Gasteiger partial charge in [0.2, 0.25) is 11.8 Å². The Bertz CT molecular complexity index is 2410. The lowest BCUT2D eigenvalue weighted by atomic mass is 9.44. The van der Waals surface area contributed by atoms with Crippen molar-refractivity contribution in [2.75, 3.05) is 4.90 Å². The molecule has 0 aromatic heterocycles. The zero-order valence-electron chi connectivity index (χ0n) is 29.7. The third kappa shape index (κ3) is 5.68. The minimum atomic E-state index is -1.45. The molecule has 0 bridgehead atoms. The van der Waals surface area contributed by atoms with E-state index >= 15 is 9.59 Å². The first-order chi connectivity index (χ1) is 26.8. The number of allylic oxidation sites excluding steroid dienone is 4. The SMILES string of the molecule is O=C1C(c2ccccc2)=CC(=O)[C@@]2(c3ccccc3)[C@@H](c3ccc(OCc4ccccc4)cc3O)C3=CC[C@@H]4C(=O)N(c5ccc(I)cc5)C(=O)[C@@H]4[C@@H]3C[C@@H]12. The predicted molar refractivity (Wildman–Crippen MR) is 217 cm³/mol. The Balaban J connectivity index is 1.22. The normalized spacial score (nSPS) is 25.8. The molecule has 1 aliphatic heterocycles. The van der Waals surface area contributed by atoms with E-state index in [1.165, 1.54) is 11.0 Å². The van der Waals surface area contributed by atoms with Crippen LogP contribution in [0.4, 0.5) is 5.69 Å². The van der Waals surface area contributed by atoms with E-state index in [2.05, 4.69) is 22.6 Å². The van der Waals surface area contributed by atoms with Crippen molar-refractivity contribution < 1.29 is 29.0 Å². The Hall–Kier alpha value is -5.61. The average Bonchev–Trinajstić information content (AvgIpc) is 3.48. The minimum absolute atomic E-state index is 0.0827. The monoisotopic (exact) mass is 837 g/mol. The predicted octanol–water partition coefficient (Wildman–Crippen LogP) is 8.60. The number of phenols is 1. The number of imide groups is 1. The highest BCUT2D eigenvalue weighted by molar-refractivity contribution is 14.1. The van der Waals surface area contributed by atoms with Crippen LogP contribution in [0, 0.1) is 27.2 Å². The quantitative estimate of drug-likeness (QED) is 0.100. The van der Waals surface area contributed by atoms with Crippen molar-refractivity contribution in [1.82, 2.24) is 0 Å². The first-order valence-corrected chi connectivity index (χ1v) is 19.6. The summed E-state index contributed by atoms with van der Waals surface area (Å²) in [6.45, 7) is 0.294. The summed E-state index contributed by atoms with van der Waals surface area (Å²) in [6, 6.07) is 40.7. The number of benzene rings is 5. The van der Waals surface area contributed by atoms with Gasteiger partial charge >= 0.3 is 0 Å². The van der Waals surface area contributed by atoms with Crippen LogP contribution in [-0.4, -0.2) is 28.5 Å². The molecule has 9 rings (SSSR count). The van der Waals surface area contributed by atoms with Crippen LogP contribution in [0.5, 0.6) is 11.5 Å². The smallest absolute Gasteiger partial charge is 0.238 e. The molecule has 0 spiro atoms. The van der Waals surface area contributed by atoms with Crippen molar-refractivity contribution in [3.63, 3.8) is 0 Å². The summed E-state index contributed by atoms with van der Waals surface area (Å²) in [5.74, 6) is -4.29. The van der Waals surface area contributed by atoms with Gasteiger partial charge in [-0.15, -0.1) is 0 Å². The number of fused-ring (bicyclic) bond motifs is 4. The molecule has 5 aromatic carbocycles. The van der Waals surface area contributed by atoms with Gasteiger partial charge in [0.05, 0.1) is 22.9 Å². The molecule has 7 nitrogen and oxygen atoms in total. The lowest BCUT2D eigenvalue weighted by Crippen LogP contribution is -2.58. The zero-order valence-corrected chi connectivity index (χ0v) is 31.8. The highest BCUT2D eigenvalue weighted by atomic mass is 127. The van der Waals surface area contributed by atoms with E-state index in [0.717, 1.165) is 14.7 Å². The van der Waals surface area contributed by atoms with Crippen LogP contribution in [0.1, 0.15) is 41.0 Å². The van der Waals surface area contributed by atoms with Gasteiger partial charge in [-0.2, -0.15) is 0 Å². The minimum Gasteiger partial charge on any atom is -0.508 e. The molecule has 8 heteroatoms. The van der Waals surface area contributed by atoms with Gasteiger partial charge in [-0.3, -0.25) is 24.1 Å². The van der Waals surface area contributed by atoms with Crippen LogP contribution in [0.25, 0.3) is 5.57 Å². The third-order valence-corrected chi connectivity index (χ3v) is 12.7. The van der Waals surface area contributed by atoms with Crippen LogP contribution in [0.2, 0.25) is 0 Å². The number of halogens is 1. The molecule has 5 aromatic rings. The number of hydrogen-bond acceptors (Lipinski definition) is 6. The maximum absolute atomic E-state index is 15.3. The number of ketones is 2. The molecule has 0 unspecified atom stereocenters. The van der Waals surface area contributed by atoms with E-state index in [-0.39, 0.29) is 35.6 Å². The number of Topliss-reactive ketones (excluding diaryl/α,β-unsaturated/α-hetero) is 1. The molecular weight excluding hydrogens is 801 g/mol. The molecule has 2 amide bonds. The largest absolute Gasteiger partial charge is 0.508 e. The fourth-order valence-electron chi connectivity index (χ4n) is 9.66. The van der Waals surface area contributed by atoms with E-state index in [1.54, 1.807) is 30.3 Å². The average molecular weight is 838 g/mol. The number of amides is 2. The summed E-state index contributed by atoms with van der Waals surface area (Å²) in [5, 5.41) is 12.0. The van der Waals surface area contributed by atoms with Gasteiger partial charge in [0, 0.05) is 32.6 Å². The first-order valence-electron chi connectivity index (χ1n) is 18.5. The molecule has 1 saturated carbocycles.